The second-order valence-corrected chi connectivity index (χ2v) is 5.00. The monoisotopic (exact) mass is 211 g/mol. The van der Waals surface area contributed by atoms with Gasteiger partial charge in [0.15, 0.2) is 0 Å². The standard InChI is InChI=1S/C12H25N3/c1-15-10-9-13-8-6-12(15)11-5-3-2-4-7-14-11/h11-14H,2-10H2,1H3. The molecule has 2 fully saturated rings. The number of likely N-dealkylation sites (N-methyl/N-ethyl adjacent to an activating group) is 1. The summed E-state index contributed by atoms with van der Waals surface area (Å²) in [6, 6.07) is 1.48. The van der Waals surface area contributed by atoms with Crippen molar-refractivity contribution in [3.8, 4) is 0 Å². The highest BCUT2D eigenvalue weighted by atomic mass is 15.2. The van der Waals surface area contributed by atoms with Gasteiger partial charge in [-0.25, -0.2) is 0 Å². The summed E-state index contributed by atoms with van der Waals surface area (Å²) in [6.07, 6.45) is 6.86. The molecule has 2 aliphatic rings. The molecule has 0 aromatic carbocycles. The summed E-state index contributed by atoms with van der Waals surface area (Å²) in [6.45, 7) is 4.76. The molecule has 0 aliphatic carbocycles. The molecule has 2 heterocycles. The lowest BCUT2D eigenvalue weighted by atomic mass is 9.99. The SMILES string of the molecule is CN1CCNCCC1C1CCCCCN1. The van der Waals surface area contributed by atoms with E-state index in [1.807, 2.05) is 0 Å². The maximum atomic E-state index is 3.74. The van der Waals surface area contributed by atoms with E-state index in [4.69, 9.17) is 0 Å². The molecule has 0 saturated carbocycles. The molecule has 0 amide bonds. The lowest BCUT2D eigenvalue weighted by molar-refractivity contribution is 0.196. The first-order chi connectivity index (χ1) is 7.38. The van der Waals surface area contributed by atoms with Crippen molar-refractivity contribution in [3.05, 3.63) is 0 Å². The van der Waals surface area contributed by atoms with Crippen molar-refractivity contribution in [3.63, 3.8) is 0 Å². The minimum absolute atomic E-state index is 0.734. The molecule has 2 unspecified atom stereocenters. The zero-order valence-electron chi connectivity index (χ0n) is 9.97. The molecule has 3 nitrogen and oxygen atoms in total. The van der Waals surface area contributed by atoms with Crippen LogP contribution >= 0.6 is 0 Å². The van der Waals surface area contributed by atoms with Gasteiger partial charge in [0.1, 0.15) is 0 Å². The molecular weight excluding hydrogens is 186 g/mol. The van der Waals surface area contributed by atoms with Gasteiger partial charge >= 0.3 is 0 Å². The van der Waals surface area contributed by atoms with Crippen LogP contribution in [0.3, 0.4) is 0 Å². The highest BCUT2D eigenvalue weighted by Crippen LogP contribution is 2.17. The molecule has 0 spiro atoms. The average Bonchev–Trinajstić information content (AvgIpc) is 2.59. The van der Waals surface area contributed by atoms with Gasteiger partial charge in [0.05, 0.1) is 0 Å². The second kappa shape index (κ2) is 5.83. The number of nitrogens with one attached hydrogen (secondary N) is 2. The molecule has 0 bridgehead atoms. The summed E-state index contributed by atoms with van der Waals surface area (Å²) in [5, 5.41) is 7.23. The van der Waals surface area contributed by atoms with E-state index in [1.54, 1.807) is 0 Å². The molecule has 15 heavy (non-hydrogen) atoms. The molecule has 2 aliphatic heterocycles. The summed E-state index contributed by atoms with van der Waals surface area (Å²) in [4.78, 5) is 2.54. The van der Waals surface area contributed by atoms with Gasteiger partial charge in [0.25, 0.3) is 0 Å². The van der Waals surface area contributed by atoms with Crippen LogP contribution in [0.1, 0.15) is 32.1 Å². The quantitative estimate of drug-likeness (QED) is 0.672. The predicted octanol–water partition coefficient (Wildman–Crippen LogP) is 0.812. The first-order valence-electron chi connectivity index (χ1n) is 6.52. The van der Waals surface area contributed by atoms with Gasteiger partial charge in [-0.15, -0.1) is 0 Å². The van der Waals surface area contributed by atoms with Crippen LogP contribution in [0.25, 0.3) is 0 Å². The maximum Gasteiger partial charge on any atom is 0.0258 e. The van der Waals surface area contributed by atoms with Crippen LogP contribution in [0.2, 0.25) is 0 Å². The second-order valence-electron chi connectivity index (χ2n) is 5.00. The summed E-state index contributed by atoms with van der Waals surface area (Å²) < 4.78 is 0. The fourth-order valence-electron chi connectivity index (χ4n) is 2.91. The third kappa shape index (κ3) is 3.16. The third-order valence-electron chi connectivity index (χ3n) is 3.89. The van der Waals surface area contributed by atoms with Gasteiger partial charge in [-0.2, -0.15) is 0 Å². The predicted molar refractivity (Wildman–Crippen MR) is 64.2 cm³/mol. The summed E-state index contributed by atoms with van der Waals surface area (Å²) in [7, 11) is 2.28. The topological polar surface area (TPSA) is 27.3 Å². The summed E-state index contributed by atoms with van der Waals surface area (Å²) in [5.74, 6) is 0. The van der Waals surface area contributed by atoms with Crippen LogP contribution in [0, 0.1) is 0 Å². The van der Waals surface area contributed by atoms with Gasteiger partial charge in [-0.3, -0.25) is 0 Å². The van der Waals surface area contributed by atoms with Crippen molar-refractivity contribution in [1.82, 2.24) is 15.5 Å². The first kappa shape index (κ1) is 11.4. The Hall–Kier alpha value is -0.120. The molecule has 0 aromatic heterocycles. The van der Waals surface area contributed by atoms with E-state index in [0.717, 1.165) is 18.6 Å². The molecule has 2 rings (SSSR count). The van der Waals surface area contributed by atoms with E-state index in [1.165, 1.54) is 51.7 Å². The molecule has 0 radical (unpaired) electrons. The van der Waals surface area contributed by atoms with Crippen molar-refractivity contribution < 1.29 is 0 Å². The summed E-state index contributed by atoms with van der Waals surface area (Å²) in [5.41, 5.74) is 0. The zero-order chi connectivity index (χ0) is 10.5. The van der Waals surface area contributed by atoms with E-state index in [-0.39, 0.29) is 0 Å². The van der Waals surface area contributed by atoms with Crippen LogP contribution in [-0.2, 0) is 0 Å². The molecule has 2 N–H and O–H groups in total. The smallest absolute Gasteiger partial charge is 0.0258 e. The highest BCUT2D eigenvalue weighted by molar-refractivity contribution is 4.87. The molecule has 88 valence electrons. The molecular formula is C12H25N3. The average molecular weight is 211 g/mol. The van der Waals surface area contributed by atoms with E-state index in [0.29, 0.717) is 0 Å². The Morgan fingerprint density at radius 2 is 1.93 bits per heavy atom. The maximum absolute atomic E-state index is 3.74. The van der Waals surface area contributed by atoms with Crippen molar-refractivity contribution >= 4 is 0 Å². The van der Waals surface area contributed by atoms with Crippen LogP contribution in [0.4, 0.5) is 0 Å². The normalized spacial score (nSPS) is 35.8. The number of rotatable bonds is 1. The number of nitrogens with zero attached hydrogens (tertiary/aromatic N) is 1. The zero-order valence-corrected chi connectivity index (χ0v) is 9.97. The minimum atomic E-state index is 0.734. The van der Waals surface area contributed by atoms with E-state index in [2.05, 4.69) is 22.6 Å². The first-order valence-corrected chi connectivity index (χ1v) is 6.52. The largest absolute Gasteiger partial charge is 0.315 e. The fraction of sp³-hybridized carbons (Fsp3) is 1.00. The Balaban J connectivity index is 1.92. The minimum Gasteiger partial charge on any atom is -0.315 e. The van der Waals surface area contributed by atoms with E-state index < -0.39 is 0 Å². The highest BCUT2D eigenvalue weighted by Gasteiger charge is 2.26. The van der Waals surface area contributed by atoms with Gasteiger partial charge in [0.2, 0.25) is 0 Å². The Morgan fingerprint density at radius 3 is 2.87 bits per heavy atom. The number of hydrogen-bond donors (Lipinski definition) is 2. The van der Waals surface area contributed by atoms with Crippen LogP contribution in [-0.4, -0.2) is 50.2 Å². The van der Waals surface area contributed by atoms with Gasteiger partial charge < -0.3 is 15.5 Å². The Bertz CT molecular complexity index is 176. The molecule has 2 saturated heterocycles. The number of hydrogen-bond acceptors (Lipinski definition) is 3. The van der Waals surface area contributed by atoms with Crippen molar-refractivity contribution in [2.24, 2.45) is 0 Å². The van der Waals surface area contributed by atoms with E-state index >= 15 is 0 Å². The lowest BCUT2D eigenvalue weighted by Gasteiger charge is -2.33. The van der Waals surface area contributed by atoms with Crippen LogP contribution in [0.5, 0.6) is 0 Å². The Morgan fingerprint density at radius 1 is 1.00 bits per heavy atom. The third-order valence-corrected chi connectivity index (χ3v) is 3.89. The van der Waals surface area contributed by atoms with E-state index in [9.17, 15) is 0 Å². The molecule has 3 heteroatoms. The van der Waals surface area contributed by atoms with Gasteiger partial charge in [0, 0.05) is 25.2 Å². The van der Waals surface area contributed by atoms with Crippen molar-refractivity contribution in [2.45, 2.75) is 44.2 Å². The van der Waals surface area contributed by atoms with Crippen molar-refractivity contribution in [2.75, 3.05) is 33.2 Å². The van der Waals surface area contributed by atoms with Gasteiger partial charge in [-0.1, -0.05) is 12.8 Å². The summed E-state index contributed by atoms with van der Waals surface area (Å²) >= 11 is 0. The molecule has 2 atom stereocenters. The van der Waals surface area contributed by atoms with Crippen molar-refractivity contribution in [1.29, 1.82) is 0 Å². The van der Waals surface area contributed by atoms with Crippen LogP contribution in [0.15, 0.2) is 0 Å². The Kier molecular flexibility index (Phi) is 4.42. The lowest BCUT2D eigenvalue weighted by Crippen LogP contribution is -2.48. The van der Waals surface area contributed by atoms with Crippen LogP contribution < -0.4 is 10.6 Å². The molecule has 0 aromatic rings. The fourth-order valence-corrected chi connectivity index (χ4v) is 2.91. The van der Waals surface area contributed by atoms with Gasteiger partial charge in [-0.05, 0) is 39.4 Å². The Labute approximate surface area is 93.6 Å².